The highest BCUT2D eigenvalue weighted by Gasteiger charge is 2.39. The molecular weight excluding hydrogens is 455 g/mol. The van der Waals surface area contributed by atoms with Crippen molar-refractivity contribution in [3.8, 4) is 16.9 Å². The third-order valence-corrected chi connectivity index (χ3v) is 5.38. The Bertz CT molecular complexity index is 1350. The summed E-state index contributed by atoms with van der Waals surface area (Å²) >= 11 is 0. The Morgan fingerprint density at radius 2 is 1.56 bits per heavy atom. The summed E-state index contributed by atoms with van der Waals surface area (Å²) in [7, 11) is -2.87. The van der Waals surface area contributed by atoms with Gasteiger partial charge in [-0.3, -0.25) is 0 Å². The van der Waals surface area contributed by atoms with Gasteiger partial charge in [0, 0.05) is 5.56 Å². The van der Waals surface area contributed by atoms with Gasteiger partial charge in [0.25, 0.3) is 0 Å². The molecule has 166 valence electrons. The fourth-order valence-corrected chi connectivity index (χ4v) is 3.70. The Morgan fingerprint density at radius 3 is 2.22 bits per heavy atom. The summed E-state index contributed by atoms with van der Waals surface area (Å²) in [5, 5.41) is 0. The fraction of sp³-hybridized carbons (Fsp3) is 0.0952. The van der Waals surface area contributed by atoms with Crippen LogP contribution in [-0.4, -0.2) is 18.4 Å². The van der Waals surface area contributed by atoms with Crippen LogP contribution < -0.4 is 4.74 Å². The molecule has 3 aromatic carbocycles. The van der Waals surface area contributed by atoms with Crippen LogP contribution in [0.2, 0.25) is 0 Å². The van der Waals surface area contributed by atoms with Crippen LogP contribution in [0.15, 0.2) is 71.6 Å². The summed E-state index contributed by atoms with van der Waals surface area (Å²) in [4.78, 5) is 6.34. The molecule has 0 saturated heterocycles. The molecule has 0 spiro atoms. The molecule has 0 atom stereocenters. The molecule has 0 saturated carbocycles. The van der Waals surface area contributed by atoms with E-state index < -0.39 is 40.1 Å². The van der Waals surface area contributed by atoms with Crippen molar-refractivity contribution < 1.29 is 35.1 Å². The smallest absolute Gasteiger partial charge is 0.427 e. The van der Waals surface area contributed by atoms with Crippen molar-refractivity contribution in [2.45, 2.75) is 17.2 Å². The number of aromatic amines is 1. The van der Waals surface area contributed by atoms with Crippen LogP contribution in [0.1, 0.15) is 11.4 Å². The number of alkyl halides is 5. The number of hydrogen-bond donors (Lipinski definition) is 2. The Morgan fingerprint density at radius 1 is 0.875 bits per heavy atom. The molecule has 32 heavy (non-hydrogen) atoms. The van der Waals surface area contributed by atoms with Crippen molar-refractivity contribution in [1.82, 2.24) is 9.97 Å². The van der Waals surface area contributed by atoms with Crippen LogP contribution in [0.25, 0.3) is 22.2 Å². The highest BCUT2D eigenvalue weighted by molar-refractivity contribution is 7.72. The lowest BCUT2D eigenvalue weighted by atomic mass is 10.1. The van der Waals surface area contributed by atoms with E-state index in [1.165, 1.54) is 18.2 Å². The zero-order chi connectivity index (χ0) is 23.1. The number of hydrogen-bond acceptors (Lipinski definition) is 4. The topological polar surface area (TPSA) is 72.0 Å². The number of imidazole rings is 1. The maximum absolute atomic E-state index is 14.6. The van der Waals surface area contributed by atoms with Gasteiger partial charge in [0.1, 0.15) is 5.75 Å². The molecule has 0 aliphatic heterocycles. The molecule has 0 amide bonds. The zero-order valence-corrected chi connectivity index (χ0v) is 16.8. The van der Waals surface area contributed by atoms with Gasteiger partial charge >= 0.3 is 12.3 Å². The first-order valence-electron chi connectivity index (χ1n) is 9.03. The number of fused-ring (bicyclic) bond motifs is 1. The van der Waals surface area contributed by atoms with Crippen molar-refractivity contribution in [2.75, 3.05) is 0 Å². The Kier molecular flexibility index (Phi) is 5.37. The highest BCUT2D eigenvalue weighted by Crippen LogP contribution is 2.35. The second-order valence-electron chi connectivity index (χ2n) is 6.73. The lowest BCUT2D eigenvalue weighted by Gasteiger charge is -2.16. The molecule has 1 heterocycles. The molecule has 4 aromatic rings. The summed E-state index contributed by atoms with van der Waals surface area (Å²) in [5.41, 5.74) is 0.220. The molecule has 1 N–H and O–H groups in total. The minimum atomic E-state index is -4.60. The maximum Gasteiger partial charge on any atom is 0.460 e. The van der Waals surface area contributed by atoms with Crippen LogP contribution in [0.3, 0.4) is 0 Å². The number of thiol groups is 1. The van der Waals surface area contributed by atoms with Crippen LogP contribution in [0.4, 0.5) is 22.0 Å². The number of benzene rings is 3. The van der Waals surface area contributed by atoms with E-state index in [2.05, 4.69) is 14.7 Å². The molecule has 5 nitrogen and oxygen atoms in total. The first-order valence-corrected chi connectivity index (χ1v) is 10.2. The van der Waals surface area contributed by atoms with Crippen molar-refractivity contribution in [1.29, 1.82) is 0 Å². The standard InChI is InChI=1S/C21H13F5N2O3S/c22-20(23,24)13-6-8-14(9-7-13)31-21(25,26)19-27-16-10-5-12(11-17(16)28-19)15-3-1-2-4-18(15)32(29)30/h1-11,32H,(H,27,28). The quantitative estimate of drug-likeness (QED) is 0.306. The molecular formula is C21H13F5N2O3S. The van der Waals surface area contributed by atoms with Crippen LogP contribution in [0, 0.1) is 0 Å². The van der Waals surface area contributed by atoms with Crippen LogP contribution in [0.5, 0.6) is 5.75 Å². The third-order valence-electron chi connectivity index (χ3n) is 4.60. The second-order valence-corrected chi connectivity index (χ2v) is 7.73. The van der Waals surface area contributed by atoms with Gasteiger partial charge in [-0.25, -0.2) is 13.4 Å². The predicted molar refractivity (Wildman–Crippen MR) is 106 cm³/mol. The van der Waals surface area contributed by atoms with E-state index >= 15 is 0 Å². The average molecular weight is 468 g/mol. The number of nitrogens with zero attached hydrogens (tertiary/aromatic N) is 1. The molecule has 0 aliphatic carbocycles. The van der Waals surface area contributed by atoms with Crippen molar-refractivity contribution >= 4 is 21.7 Å². The minimum absolute atomic E-state index is 0.0774. The molecule has 0 bridgehead atoms. The molecule has 0 fully saturated rings. The Balaban J connectivity index is 1.65. The van der Waals surface area contributed by atoms with Crippen molar-refractivity contribution in [3.63, 3.8) is 0 Å². The summed E-state index contributed by atoms with van der Waals surface area (Å²) in [6.07, 6.45) is -8.56. The maximum atomic E-state index is 14.6. The highest BCUT2D eigenvalue weighted by atomic mass is 32.2. The Hall–Kier alpha value is -3.47. The third kappa shape index (κ3) is 4.28. The monoisotopic (exact) mass is 468 g/mol. The van der Waals surface area contributed by atoms with Crippen molar-refractivity contribution in [3.05, 3.63) is 78.1 Å². The second kappa shape index (κ2) is 7.90. The molecule has 11 heteroatoms. The summed E-state index contributed by atoms with van der Waals surface area (Å²) < 4.78 is 94.6. The van der Waals surface area contributed by atoms with Gasteiger partial charge in [-0.05, 0) is 48.0 Å². The SMILES string of the molecule is O=[SH](=O)c1ccccc1-c1ccc2[nH]c(C(F)(F)Oc3ccc(C(F)(F)F)cc3)nc2c1. The van der Waals surface area contributed by atoms with E-state index in [-0.39, 0.29) is 15.9 Å². The van der Waals surface area contributed by atoms with E-state index in [1.807, 2.05) is 0 Å². The van der Waals surface area contributed by atoms with Gasteiger partial charge in [-0.15, -0.1) is 0 Å². The summed E-state index contributed by atoms with van der Waals surface area (Å²) in [5.74, 6) is -1.33. The van der Waals surface area contributed by atoms with Gasteiger partial charge in [0.05, 0.1) is 21.5 Å². The van der Waals surface area contributed by atoms with Gasteiger partial charge in [0.2, 0.25) is 5.82 Å². The van der Waals surface area contributed by atoms with Gasteiger partial charge in [-0.2, -0.15) is 22.0 Å². The normalized spacial score (nSPS) is 12.4. The lowest BCUT2D eigenvalue weighted by molar-refractivity contribution is -0.191. The number of ether oxygens (including phenoxy) is 1. The number of nitrogens with one attached hydrogen (secondary N) is 1. The Labute approximate surface area is 179 Å². The number of aromatic nitrogens is 2. The molecule has 0 unspecified atom stereocenters. The summed E-state index contributed by atoms with van der Waals surface area (Å²) in [6, 6.07) is 13.5. The minimum Gasteiger partial charge on any atom is -0.427 e. The molecule has 1 aromatic heterocycles. The van der Waals surface area contributed by atoms with Crippen LogP contribution >= 0.6 is 0 Å². The van der Waals surface area contributed by atoms with E-state index in [0.29, 0.717) is 23.3 Å². The van der Waals surface area contributed by atoms with Gasteiger partial charge in [0.15, 0.2) is 10.7 Å². The fourth-order valence-electron chi connectivity index (χ4n) is 3.10. The number of rotatable bonds is 5. The first kappa shape index (κ1) is 21.8. The van der Waals surface area contributed by atoms with E-state index in [9.17, 15) is 30.4 Å². The van der Waals surface area contributed by atoms with Crippen LogP contribution in [-0.2, 0) is 23.0 Å². The zero-order valence-electron chi connectivity index (χ0n) is 15.9. The first-order chi connectivity index (χ1) is 15.0. The average Bonchev–Trinajstić information content (AvgIpc) is 3.17. The van der Waals surface area contributed by atoms with E-state index in [0.717, 1.165) is 12.1 Å². The lowest BCUT2D eigenvalue weighted by Crippen LogP contribution is -2.23. The molecule has 4 rings (SSSR count). The summed E-state index contributed by atoms with van der Waals surface area (Å²) in [6.45, 7) is 0. The van der Waals surface area contributed by atoms with Gasteiger partial charge in [-0.1, -0.05) is 24.3 Å². The molecule has 0 radical (unpaired) electrons. The van der Waals surface area contributed by atoms with Gasteiger partial charge < -0.3 is 9.72 Å². The molecule has 0 aliphatic rings. The van der Waals surface area contributed by atoms with Crippen molar-refractivity contribution in [2.24, 2.45) is 0 Å². The predicted octanol–water partition coefficient (Wildman–Crippen LogP) is 5.35. The van der Waals surface area contributed by atoms with E-state index in [4.69, 9.17) is 0 Å². The van der Waals surface area contributed by atoms with E-state index in [1.54, 1.807) is 24.3 Å². The largest absolute Gasteiger partial charge is 0.460 e. The number of halogens is 5. The number of H-pyrrole nitrogens is 1.